The van der Waals surface area contributed by atoms with Gasteiger partial charge in [0.1, 0.15) is 0 Å². The molecule has 4 rings (SSSR count). The third-order valence-electron chi connectivity index (χ3n) is 5.78. The van der Waals surface area contributed by atoms with Crippen molar-refractivity contribution in [2.45, 2.75) is 38.3 Å². The number of piperidine rings is 1. The predicted molar refractivity (Wildman–Crippen MR) is 110 cm³/mol. The molecule has 148 valence electrons. The van der Waals surface area contributed by atoms with Gasteiger partial charge in [-0.05, 0) is 44.9 Å². The van der Waals surface area contributed by atoms with Crippen LogP contribution >= 0.6 is 0 Å². The lowest BCUT2D eigenvalue weighted by atomic mass is 10.0. The zero-order valence-corrected chi connectivity index (χ0v) is 16.3. The molecular weight excluding hydrogens is 354 g/mol. The maximum Gasteiger partial charge on any atom is 0.269 e. The van der Waals surface area contributed by atoms with Gasteiger partial charge in [0.05, 0.1) is 24.0 Å². The number of para-hydroxylation sites is 1. The van der Waals surface area contributed by atoms with Gasteiger partial charge in [-0.15, -0.1) is 0 Å². The maximum absolute atomic E-state index is 12.6. The minimum Gasteiger partial charge on any atom is -0.370 e. The molecule has 2 atom stereocenters. The summed E-state index contributed by atoms with van der Waals surface area (Å²) in [6.07, 6.45) is 4.81. The predicted octanol–water partition coefficient (Wildman–Crippen LogP) is 2.12. The Hall–Kier alpha value is -2.67. The largest absolute Gasteiger partial charge is 0.370 e. The van der Waals surface area contributed by atoms with Crippen LogP contribution in [0.1, 0.15) is 32.2 Å². The van der Waals surface area contributed by atoms with E-state index in [0.717, 1.165) is 43.9 Å². The van der Waals surface area contributed by atoms with Gasteiger partial charge in [0.15, 0.2) is 0 Å². The van der Waals surface area contributed by atoms with E-state index in [-0.39, 0.29) is 23.6 Å². The lowest BCUT2D eigenvalue weighted by molar-refractivity contribution is -0.121. The van der Waals surface area contributed by atoms with E-state index >= 15 is 0 Å². The fourth-order valence-electron chi connectivity index (χ4n) is 3.90. The van der Waals surface area contributed by atoms with Crippen molar-refractivity contribution in [3.05, 3.63) is 52.9 Å². The number of anilines is 2. The van der Waals surface area contributed by atoms with Gasteiger partial charge in [-0.1, -0.05) is 18.2 Å². The van der Waals surface area contributed by atoms with Crippen molar-refractivity contribution in [1.82, 2.24) is 14.7 Å². The Bertz CT molecular complexity index is 878. The maximum atomic E-state index is 12.6. The molecule has 1 aromatic heterocycles. The second kappa shape index (κ2) is 8.14. The van der Waals surface area contributed by atoms with Crippen LogP contribution in [-0.4, -0.2) is 52.8 Å². The third kappa shape index (κ3) is 3.94. The van der Waals surface area contributed by atoms with Crippen molar-refractivity contribution in [3.8, 4) is 0 Å². The van der Waals surface area contributed by atoms with Gasteiger partial charge >= 0.3 is 0 Å². The Kier molecular flexibility index (Phi) is 5.43. The number of nitrogens with one attached hydrogen (secondary N) is 1. The van der Waals surface area contributed by atoms with E-state index < -0.39 is 0 Å². The first kappa shape index (κ1) is 18.7. The van der Waals surface area contributed by atoms with Crippen LogP contribution in [0.5, 0.6) is 0 Å². The van der Waals surface area contributed by atoms with E-state index in [9.17, 15) is 9.59 Å². The standard InChI is InChI=1S/C21H27N5O2/c1-16(21(28)23-17-7-3-2-4-8-17)25-10-5-9-18(15-25)26-20(27)13-19(14-22-26)24-11-6-12-24/h2-4,7-8,13-14,16,18H,5-6,9-12,15H2,1H3,(H,23,28). The van der Waals surface area contributed by atoms with Crippen LogP contribution in [0.2, 0.25) is 0 Å². The summed E-state index contributed by atoms with van der Waals surface area (Å²) in [6.45, 7) is 5.41. The van der Waals surface area contributed by atoms with Crippen molar-refractivity contribution < 1.29 is 4.79 Å². The van der Waals surface area contributed by atoms with Crippen molar-refractivity contribution in [2.75, 3.05) is 36.4 Å². The molecule has 2 fully saturated rings. The van der Waals surface area contributed by atoms with Crippen LogP contribution < -0.4 is 15.8 Å². The van der Waals surface area contributed by atoms with E-state index in [4.69, 9.17) is 0 Å². The molecular formula is C21H27N5O2. The second-order valence-electron chi connectivity index (χ2n) is 7.66. The number of nitrogens with zero attached hydrogens (tertiary/aromatic N) is 4. The van der Waals surface area contributed by atoms with Gasteiger partial charge in [0.2, 0.25) is 5.91 Å². The van der Waals surface area contributed by atoms with Gasteiger partial charge in [-0.2, -0.15) is 5.10 Å². The summed E-state index contributed by atoms with van der Waals surface area (Å²) in [5.41, 5.74) is 1.65. The van der Waals surface area contributed by atoms with E-state index in [2.05, 4.69) is 20.2 Å². The Labute approximate surface area is 165 Å². The fourth-order valence-corrected chi connectivity index (χ4v) is 3.90. The number of benzene rings is 1. The first-order valence-corrected chi connectivity index (χ1v) is 10.1. The number of aromatic nitrogens is 2. The summed E-state index contributed by atoms with van der Waals surface area (Å²) in [6, 6.07) is 10.9. The van der Waals surface area contributed by atoms with E-state index in [0.29, 0.717) is 6.54 Å². The Morgan fingerprint density at radius 3 is 2.64 bits per heavy atom. The number of carbonyl (C=O) groups is 1. The molecule has 0 radical (unpaired) electrons. The average Bonchev–Trinajstić information content (AvgIpc) is 2.67. The van der Waals surface area contributed by atoms with E-state index in [1.807, 2.05) is 37.3 Å². The normalized spacial score (nSPS) is 21.0. The Balaban J connectivity index is 1.42. The zero-order valence-electron chi connectivity index (χ0n) is 16.3. The smallest absolute Gasteiger partial charge is 0.269 e. The first-order chi connectivity index (χ1) is 13.6. The molecule has 2 aromatic rings. The molecule has 2 saturated heterocycles. The molecule has 2 aliphatic rings. The summed E-state index contributed by atoms with van der Waals surface area (Å²) < 4.78 is 1.59. The van der Waals surface area contributed by atoms with E-state index in [1.165, 1.54) is 6.42 Å². The molecule has 1 amide bonds. The molecule has 1 aromatic carbocycles. The number of hydrogen-bond donors (Lipinski definition) is 1. The highest BCUT2D eigenvalue weighted by Gasteiger charge is 2.29. The van der Waals surface area contributed by atoms with Gasteiger partial charge < -0.3 is 10.2 Å². The van der Waals surface area contributed by atoms with Crippen molar-refractivity contribution in [3.63, 3.8) is 0 Å². The zero-order chi connectivity index (χ0) is 19.5. The van der Waals surface area contributed by atoms with Crippen LogP contribution in [0.15, 0.2) is 47.4 Å². The number of amides is 1. The summed E-state index contributed by atoms with van der Waals surface area (Å²) in [5.74, 6) is -0.0275. The number of rotatable bonds is 5. The van der Waals surface area contributed by atoms with Crippen LogP contribution in [0.4, 0.5) is 11.4 Å². The monoisotopic (exact) mass is 381 g/mol. The average molecular weight is 381 g/mol. The topological polar surface area (TPSA) is 70.5 Å². The molecule has 2 unspecified atom stereocenters. The third-order valence-corrected chi connectivity index (χ3v) is 5.78. The van der Waals surface area contributed by atoms with E-state index in [1.54, 1.807) is 16.9 Å². The molecule has 0 spiro atoms. The highest BCUT2D eigenvalue weighted by molar-refractivity contribution is 5.94. The summed E-state index contributed by atoms with van der Waals surface area (Å²) in [5, 5.41) is 7.41. The van der Waals surface area contributed by atoms with Crippen LogP contribution in [0, 0.1) is 0 Å². The lowest BCUT2D eigenvalue weighted by Crippen LogP contribution is -2.49. The van der Waals surface area contributed by atoms with Gasteiger partial charge in [0.25, 0.3) is 5.56 Å². The SMILES string of the molecule is CC(C(=O)Nc1ccccc1)N1CCCC(n2ncc(N3CCC3)cc2=O)C1. The van der Waals surface area contributed by atoms with Crippen LogP contribution in [0.3, 0.4) is 0 Å². The first-order valence-electron chi connectivity index (χ1n) is 10.1. The van der Waals surface area contributed by atoms with Crippen molar-refractivity contribution >= 4 is 17.3 Å². The van der Waals surface area contributed by atoms with Gasteiger partial charge in [0, 0.05) is 31.4 Å². The second-order valence-corrected chi connectivity index (χ2v) is 7.66. The molecule has 2 aliphatic heterocycles. The minimum absolute atomic E-state index is 0.00124. The summed E-state index contributed by atoms with van der Waals surface area (Å²) >= 11 is 0. The quantitative estimate of drug-likeness (QED) is 0.859. The highest BCUT2D eigenvalue weighted by Crippen LogP contribution is 2.23. The number of likely N-dealkylation sites (tertiary alicyclic amines) is 1. The minimum atomic E-state index is -0.265. The Morgan fingerprint density at radius 1 is 1.18 bits per heavy atom. The molecule has 3 heterocycles. The lowest BCUT2D eigenvalue weighted by Gasteiger charge is -2.36. The number of hydrogen-bond acceptors (Lipinski definition) is 5. The molecule has 1 N–H and O–H groups in total. The highest BCUT2D eigenvalue weighted by atomic mass is 16.2. The van der Waals surface area contributed by atoms with Crippen LogP contribution in [-0.2, 0) is 4.79 Å². The van der Waals surface area contributed by atoms with Crippen LogP contribution in [0.25, 0.3) is 0 Å². The van der Waals surface area contributed by atoms with Gasteiger partial charge in [-0.3, -0.25) is 14.5 Å². The molecule has 0 bridgehead atoms. The fraction of sp³-hybridized carbons (Fsp3) is 0.476. The van der Waals surface area contributed by atoms with Gasteiger partial charge in [-0.25, -0.2) is 4.68 Å². The molecule has 28 heavy (non-hydrogen) atoms. The Morgan fingerprint density at radius 2 is 1.96 bits per heavy atom. The molecule has 0 aliphatic carbocycles. The summed E-state index contributed by atoms with van der Waals surface area (Å²) in [7, 11) is 0. The number of carbonyl (C=O) groups excluding carboxylic acids is 1. The molecule has 0 saturated carbocycles. The molecule has 7 nitrogen and oxygen atoms in total. The van der Waals surface area contributed by atoms with Crippen molar-refractivity contribution in [1.29, 1.82) is 0 Å². The van der Waals surface area contributed by atoms with Crippen molar-refractivity contribution in [2.24, 2.45) is 0 Å². The molecule has 7 heteroatoms. The summed E-state index contributed by atoms with van der Waals surface area (Å²) in [4.78, 5) is 29.6.